The minimum absolute atomic E-state index is 0.0509. The van der Waals surface area contributed by atoms with Crippen LogP contribution in [0.2, 0.25) is 0 Å². The topological polar surface area (TPSA) is 60.2 Å². The van der Waals surface area contributed by atoms with Gasteiger partial charge in [-0.3, -0.25) is 4.79 Å². The normalized spacial score (nSPS) is 16.7. The van der Waals surface area contributed by atoms with Gasteiger partial charge in [-0.15, -0.1) is 5.10 Å². The van der Waals surface area contributed by atoms with E-state index in [2.05, 4.69) is 41.5 Å². The minimum Gasteiger partial charge on any atom is -0.372 e. The van der Waals surface area contributed by atoms with E-state index in [4.69, 9.17) is 4.74 Å². The lowest BCUT2D eigenvalue weighted by Gasteiger charge is -2.32. The number of ether oxygens (including phenoxy) is 1. The molecule has 1 fully saturated rings. The quantitative estimate of drug-likeness (QED) is 0.647. The highest BCUT2D eigenvalue weighted by molar-refractivity contribution is 5.92. The van der Waals surface area contributed by atoms with Crippen molar-refractivity contribution in [2.24, 2.45) is 0 Å². The lowest BCUT2D eigenvalue weighted by Crippen LogP contribution is -2.43. The predicted molar refractivity (Wildman–Crippen MR) is 110 cm³/mol. The van der Waals surface area contributed by atoms with Crippen molar-refractivity contribution in [3.63, 3.8) is 0 Å². The first kappa shape index (κ1) is 19.3. The van der Waals surface area contributed by atoms with E-state index < -0.39 is 0 Å². The van der Waals surface area contributed by atoms with E-state index in [9.17, 15) is 4.79 Å². The molecular weight excluding hydrogens is 364 g/mol. The monoisotopic (exact) mass is 390 g/mol. The average Bonchev–Trinajstić information content (AvgIpc) is 3.23. The standard InChI is InChI=1S/C23H26N4O2/c1-18-8-5-6-11-20(18)14-27-16-22(24-25-27)23(28)26-13-7-12-21(15-26)29-17-19-9-3-2-4-10-19/h2-6,8-11,16,21H,7,12-15,17H2,1H3/t21-/m1/s1. The van der Waals surface area contributed by atoms with Gasteiger partial charge in [-0.25, -0.2) is 4.68 Å². The van der Waals surface area contributed by atoms with E-state index in [0.717, 1.165) is 24.9 Å². The first-order chi connectivity index (χ1) is 14.2. The Morgan fingerprint density at radius 1 is 1.14 bits per heavy atom. The molecule has 1 atom stereocenters. The molecule has 6 heteroatoms. The molecule has 150 valence electrons. The summed E-state index contributed by atoms with van der Waals surface area (Å²) in [5.74, 6) is -0.0750. The van der Waals surface area contributed by atoms with E-state index in [1.54, 1.807) is 10.9 Å². The summed E-state index contributed by atoms with van der Waals surface area (Å²) in [6.07, 6.45) is 3.69. The first-order valence-corrected chi connectivity index (χ1v) is 10.1. The van der Waals surface area contributed by atoms with Gasteiger partial charge in [-0.05, 0) is 36.5 Å². The van der Waals surface area contributed by atoms with Crippen molar-refractivity contribution in [1.29, 1.82) is 0 Å². The summed E-state index contributed by atoms with van der Waals surface area (Å²) in [4.78, 5) is 14.7. The molecule has 1 saturated heterocycles. The fraction of sp³-hybridized carbons (Fsp3) is 0.348. The van der Waals surface area contributed by atoms with Crippen molar-refractivity contribution in [1.82, 2.24) is 19.9 Å². The zero-order valence-corrected chi connectivity index (χ0v) is 16.7. The van der Waals surface area contributed by atoms with Gasteiger partial charge in [-0.1, -0.05) is 59.8 Å². The second kappa shape index (κ2) is 9.01. The van der Waals surface area contributed by atoms with Crippen LogP contribution in [0.3, 0.4) is 0 Å². The molecule has 3 aromatic rings. The van der Waals surface area contributed by atoms with Crippen molar-refractivity contribution >= 4 is 5.91 Å². The minimum atomic E-state index is -0.0750. The van der Waals surface area contributed by atoms with Gasteiger partial charge in [0, 0.05) is 13.1 Å². The number of carbonyl (C=O) groups excluding carboxylic acids is 1. The maximum Gasteiger partial charge on any atom is 0.276 e. The van der Waals surface area contributed by atoms with Crippen LogP contribution in [-0.2, 0) is 17.9 Å². The summed E-state index contributed by atoms with van der Waals surface area (Å²) in [6.45, 7) is 4.57. The number of amides is 1. The highest BCUT2D eigenvalue weighted by Gasteiger charge is 2.26. The number of hydrogen-bond acceptors (Lipinski definition) is 4. The molecule has 2 aromatic carbocycles. The number of rotatable bonds is 6. The van der Waals surface area contributed by atoms with Crippen molar-refractivity contribution < 1.29 is 9.53 Å². The van der Waals surface area contributed by atoms with Crippen LogP contribution >= 0.6 is 0 Å². The van der Waals surface area contributed by atoms with Crippen LogP contribution in [0.25, 0.3) is 0 Å². The summed E-state index contributed by atoms with van der Waals surface area (Å²) in [7, 11) is 0. The lowest BCUT2D eigenvalue weighted by molar-refractivity contribution is -0.00689. The molecule has 2 heterocycles. The summed E-state index contributed by atoms with van der Waals surface area (Å²) >= 11 is 0. The Hall–Kier alpha value is -2.99. The Morgan fingerprint density at radius 2 is 1.93 bits per heavy atom. The molecule has 0 unspecified atom stereocenters. The SMILES string of the molecule is Cc1ccccc1Cn1cc(C(=O)N2CCC[C@@H](OCc3ccccc3)C2)nn1. The predicted octanol–water partition coefficient (Wildman–Crippen LogP) is 3.46. The second-order valence-electron chi connectivity index (χ2n) is 7.54. The third kappa shape index (κ3) is 4.90. The molecule has 0 bridgehead atoms. The Kier molecular flexibility index (Phi) is 6.00. The van der Waals surface area contributed by atoms with Crippen LogP contribution in [0.15, 0.2) is 60.8 Å². The number of carbonyl (C=O) groups is 1. The number of benzene rings is 2. The Balaban J connectivity index is 1.35. The van der Waals surface area contributed by atoms with Gasteiger partial charge in [0.1, 0.15) is 0 Å². The lowest BCUT2D eigenvalue weighted by atomic mass is 10.1. The van der Waals surface area contributed by atoms with Crippen LogP contribution in [0.1, 0.15) is 40.0 Å². The van der Waals surface area contributed by atoms with Crippen LogP contribution in [0.4, 0.5) is 0 Å². The van der Waals surface area contributed by atoms with E-state index in [1.807, 2.05) is 35.2 Å². The molecule has 1 aliphatic rings. The third-order valence-electron chi connectivity index (χ3n) is 5.35. The smallest absolute Gasteiger partial charge is 0.276 e. The van der Waals surface area contributed by atoms with Crippen molar-refractivity contribution in [3.05, 3.63) is 83.2 Å². The molecule has 1 aromatic heterocycles. The molecule has 6 nitrogen and oxygen atoms in total. The van der Waals surface area contributed by atoms with Crippen LogP contribution in [-0.4, -0.2) is 45.0 Å². The molecule has 0 saturated carbocycles. The Morgan fingerprint density at radius 3 is 2.76 bits per heavy atom. The zero-order valence-electron chi connectivity index (χ0n) is 16.7. The van der Waals surface area contributed by atoms with Gasteiger partial charge < -0.3 is 9.64 Å². The highest BCUT2D eigenvalue weighted by atomic mass is 16.5. The van der Waals surface area contributed by atoms with E-state index in [-0.39, 0.29) is 12.0 Å². The van der Waals surface area contributed by atoms with E-state index in [0.29, 0.717) is 25.4 Å². The zero-order chi connectivity index (χ0) is 20.1. The molecule has 0 N–H and O–H groups in total. The number of hydrogen-bond donors (Lipinski definition) is 0. The fourth-order valence-corrected chi connectivity index (χ4v) is 3.64. The van der Waals surface area contributed by atoms with E-state index in [1.165, 1.54) is 11.1 Å². The van der Waals surface area contributed by atoms with Crippen molar-refractivity contribution in [2.75, 3.05) is 13.1 Å². The number of aryl methyl sites for hydroxylation is 1. The van der Waals surface area contributed by atoms with Crippen molar-refractivity contribution in [2.45, 2.75) is 39.0 Å². The molecular formula is C23H26N4O2. The highest BCUT2D eigenvalue weighted by Crippen LogP contribution is 2.17. The van der Waals surface area contributed by atoms with Gasteiger partial charge >= 0.3 is 0 Å². The molecule has 0 spiro atoms. The molecule has 29 heavy (non-hydrogen) atoms. The molecule has 4 rings (SSSR count). The molecule has 1 aliphatic heterocycles. The number of nitrogens with zero attached hydrogens (tertiary/aromatic N) is 4. The van der Waals surface area contributed by atoms with Crippen LogP contribution in [0, 0.1) is 6.92 Å². The molecule has 0 aliphatic carbocycles. The largest absolute Gasteiger partial charge is 0.372 e. The Bertz CT molecular complexity index is 954. The van der Waals surface area contributed by atoms with Crippen LogP contribution < -0.4 is 0 Å². The second-order valence-corrected chi connectivity index (χ2v) is 7.54. The Labute approximate surface area is 171 Å². The average molecular weight is 390 g/mol. The van der Waals surface area contributed by atoms with E-state index >= 15 is 0 Å². The maximum absolute atomic E-state index is 12.9. The van der Waals surface area contributed by atoms with Gasteiger partial charge in [0.2, 0.25) is 0 Å². The summed E-state index contributed by atoms with van der Waals surface area (Å²) in [6, 6.07) is 18.3. The van der Waals surface area contributed by atoms with Gasteiger partial charge in [0.15, 0.2) is 5.69 Å². The number of likely N-dealkylation sites (tertiary alicyclic amines) is 1. The summed E-state index contributed by atoms with van der Waals surface area (Å²) in [5, 5.41) is 8.27. The number of aromatic nitrogens is 3. The first-order valence-electron chi connectivity index (χ1n) is 10.1. The third-order valence-corrected chi connectivity index (χ3v) is 5.35. The van der Waals surface area contributed by atoms with Gasteiger partial charge in [-0.2, -0.15) is 0 Å². The van der Waals surface area contributed by atoms with Gasteiger partial charge in [0.25, 0.3) is 5.91 Å². The molecule has 1 amide bonds. The maximum atomic E-state index is 12.9. The van der Waals surface area contributed by atoms with Gasteiger partial charge in [0.05, 0.1) is 25.5 Å². The molecule has 0 radical (unpaired) electrons. The number of piperidine rings is 1. The summed E-state index contributed by atoms with van der Waals surface area (Å²) < 4.78 is 7.77. The van der Waals surface area contributed by atoms with Crippen LogP contribution in [0.5, 0.6) is 0 Å². The summed E-state index contributed by atoms with van der Waals surface area (Å²) in [5.41, 5.74) is 3.91. The fourth-order valence-electron chi connectivity index (χ4n) is 3.64. The van der Waals surface area contributed by atoms with Crippen molar-refractivity contribution in [3.8, 4) is 0 Å².